The van der Waals surface area contributed by atoms with Crippen molar-refractivity contribution < 1.29 is 0 Å². The Balaban J connectivity index is 1.66. The van der Waals surface area contributed by atoms with Crippen LogP contribution in [0.1, 0.15) is 50.3 Å². The quantitative estimate of drug-likeness (QED) is 0.827. The van der Waals surface area contributed by atoms with Gasteiger partial charge in [-0.05, 0) is 36.8 Å². The fourth-order valence-corrected chi connectivity index (χ4v) is 3.69. The summed E-state index contributed by atoms with van der Waals surface area (Å²) >= 11 is 0. The zero-order valence-electron chi connectivity index (χ0n) is 11.0. The Bertz CT molecular complexity index is 569. The monoisotopic (exact) mass is 254 g/mol. The minimum absolute atomic E-state index is 0.552. The van der Waals surface area contributed by atoms with Gasteiger partial charge in [-0.15, -0.1) is 0 Å². The van der Waals surface area contributed by atoms with E-state index in [9.17, 15) is 0 Å². The smallest absolute Gasteiger partial charge is 0.138 e. The Morgan fingerprint density at radius 2 is 1.89 bits per heavy atom. The normalized spacial score (nSPS) is 24.5. The molecule has 98 valence electrons. The average molecular weight is 254 g/mol. The van der Waals surface area contributed by atoms with Crippen molar-refractivity contribution in [2.24, 2.45) is 5.41 Å². The van der Waals surface area contributed by atoms with E-state index in [1.54, 1.807) is 6.33 Å². The minimum atomic E-state index is 0.552. The van der Waals surface area contributed by atoms with Gasteiger partial charge in [0.25, 0.3) is 0 Å². The first-order chi connectivity index (χ1) is 9.39. The average Bonchev–Trinajstić information content (AvgIpc) is 2.95. The maximum atomic E-state index is 4.54. The van der Waals surface area contributed by atoms with Crippen LogP contribution in [0.25, 0.3) is 5.69 Å². The third kappa shape index (κ3) is 1.78. The summed E-state index contributed by atoms with van der Waals surface area (Å²) in [6.07, 6.45) is 13.5. The first kappa shape index (κ1) is 11.1. The van der Waals surface area contributed by atoms with Gasteiger partial charge in [0.1, 0.15) is 12.2 Å². The molecule has 2 saturated carbocycles. The third-order valence-corrected chi connectivity index (χ3v) is 4.83. The van der Waals surface area contributed by atoms with Gasteiger partial charge in [0.15, 0.2) is 0 Å². The van der Waals surface area contributed by atoms with E-state index in [2.05, 4.69) is 15.1 Å². The second-order valence-corrected chi connectivity index (χ2v) is 5.92. The van der Waals surface area contributed by atoms with Crippen molar-refractivity contribution in [3.63, 3.8) is 0 Å². The lowest BCUT2D eigenvalue weighted by molar-refractivity contribution is 0.323. The van der Waals surface area contributed by atoms with E-state index in [0.29, 0.717) is 11.3 Å². The third-order valence-electron chi connectivity index (χ3n) is 4.83. The molecule has 0 aromatic carbocycles. The van der Waals surface area contributed by atoms with Gasteiger partial charge in [-0.2, -0.15) is 5.10 Å². The molecule has 4 nitrogen and oxygen atoms in total. The fraction of sp³-hybridized carbons (Fsp3) is 0.533. The molecule has 0 unspecified atom stereocenters. The number of pyridine rings is 1. The predicted octanol–water partition coefficient (Wildman–Crippen LogP) is 3.10. The molecule has 1 spiro atoms. The fourth-order valence-electron chi connectivity index (χ4n) is 3.69. The molecule has 2 aliphatic carbocycles. The molecule has 4 rings (SSSR count). The summed E-state index contributed by atoms with van der Waals surface area (Å²) in [5.74, 6) is 1.76. The Labute approximate surface area is 112 Å². The zero-order chi connectivity index (χ0) is 12.7. The lowest BCUT2D eigenvalue weighted by Crippen LogP contribution is -2.11. The molecule has 4 heteroatoms. The molecule has 2 aromatic heterocycles. The van der Waals surface area contributed by atoms with Crippen LogP contribution in [0.2, 0.25) is 0 Å². The van der Waals surface area contributed by atoms with Crippen LogP contribution in [0.3, 0.4) is 0 Å². The second-order valence-electron chi connectivity index (χ2n) is 5.92. The molecular weight excluding hydrogens is 236 g/mol. The molecule has 0 bridgehead atoms. The molecule has 2 aliphatic rings. The SMILES string of the molecule is c1cc(-n2ncnc2[C@@H]2CC23CCCCC3)ccn1. The highest BCUT2D eigenvalue weighted by molar-refractivity contribution is 5.32. The van der Waals surface area contributed by atoms with Crippen molar-refractivity contribution in [2.75, 3.05) is 0 Å². The first-order valence-corrected chi connectivity index (χ1v) is 7.19. The van der Waals surface area contributed by atoms with Gasteiger partial charge in [0.05, 0.1) is 5.69 Å². The summed E-state index contributed by atoms with van der Waals surface area (Å²) in [5, 5.41) is 4.40. The van der Waals surface area contributed by atoms with Gasteiger partial charge in [-0.1, -0.05) is 19.3 Å². The van der Waals surface area contributed by atoms with E-state index in [-0.39, 0.29) is 0 Å². The van der Waals surface area contributed by atoms with Crippen LogP contribution in [-0.2, 0) is 0 Å². The van der Waals surface area contributed by atoms with E-state index in [0.717, 1.165) is 11.5 Å². The van der Waals surface area contributed by atoms with Gasteiger partial charge < -0.3 is 0 Å². The predicted molar refractivity (Wildman–Crippen MR) is 72.0 cm³/mol. The number of rotatable bonds is 2. The molecule has 19 heavy (non-hydrogen) atoms. The largest absolute Gasteiger partial charge is 0.265 e. The molecular formula is C15H18N4. The van der Waals surface area contributed by atoms with E-state index < -0.39 is 0 Å². The van der Waals surface area contributed by atoms with Gasteiger partial charge in [-0.25, -0.2) is 9.67 Å². The van der Waals surface area contributed by atoms with E-state index in [1.165, 1.54) is 38.5 Å². The zero-order valence-corrected chi connectivity index (χ0v) is 11.0. The van der Waals surface area contributed by atoms with E-state index in [1.807, 2.05) is 29.2 Å². The topological polar surface area (TPSA) is 43.6 Å². The van der Waals surface area contributed by atoms with Crippen LogP contribution in [0, 0.1) is 5.41 Å². The summed E-state index contributed by atoms with van der Waals surface area (Å²) in [4.78, 5) is 8.60. The van der Waals surface area contributed by atoms with Crippen molar-refractivity contribution >= 4 is 0 Å². The molecule has 2 aromatic rings. The summed E-state index contributed by atoms with van der Waals surface area (Å²) < 4.78 is 2.00. The molecule has 0 aliphatic heterocycles. The summed E-state index contributed by atoms with van der Waals surface area (Å²) in [7, 11) is 0. The van der Waals surface area contributed by atoms with Crippen LogP contribution >= 0.6 is 0 Å². The number of hydrogen-bond donors (Lipinski definition) is 0. The Morgan fingerprint density at radius 3 is 2.68 bits per heavy atom. The van der Waals surface area contributed by atoms with Crippen molar-refractivity contribution in [3.8, 4) is 5.69 Å². The van der Waals surface area contributed by atoms with Crippen molar-refractivity contribution in [3.05, 3.63) is 36.7 Å². The number of nitrogens with zero attached hydrogens (tertiary/aromatic N) is 4. The molecule has 1 atom stereocenters. The van der Waals surface area contributed by atoms with E-state index in [4.69, 9.17) is 0 Å². The summed E-state index contributed by atoms with van der Waals surface area (Å²) in [6.45, 7) is 0. The van der Waals surface area contributed by atoms with E-state index >= 15 is 0 Å². The maximum absolute atomic E-state index is 4.54. The lowest BCUT2D eigenvalue weighted by atomic mass is 9.84. The van der Waals surface area contributed by atoms with Crippen LogP contribution in [0.5, 0.6) is 0 Å². The standard InChI is InChI=1S/C15H18N4/c1-2-6-15(7-3-1)10-13(15)14-17-11-18-19(14)12-4-8-16-9-5-12/h4-5,8-9,11,13H,1-3,6-7,10H2/t13-/m0/s1. The number of hydrogen-bond acceptors (Lipinski definition) is 3. The maximum Gasteiger partial charge on any atom is 0.138 e. The van der Waals surface area contributed by atoms with Crippen LogP contribution in [0.4, 0.5) is 0 Å². The van der Waals surface area contributed by atoms with Gasteiger partial charge >= 0.3 is 0 Å². The van der Waals surface area contributed by atoms with Gasteiger partial charge in [-0.3, -0.25) is 4.98 Å². The highest BCUT2D eigenvalue weighted by Crippen LogP contribution is 2.66. The lowest BCUT2D eigenvalue weighted by Gasteiger charge is -2.22. The molecule has 0 amide bonds. The molecule has 0 saturated heterocycles. The molecule has 2 fully saturated rings. The number of aromatic nitrogens is 4. The van der Waals surface area contributed by atoms with Crippen molar-refractivity contribution in [2.45, 2.75) is 44.4 Å². The minimum Gasteiger partial charge on any atom is -0.265 e. The van der Waals surface area contributed by atoms with Gasteiger partial charge in [0.2, 0.25) is 0 Å². The molecule has 0 radical (unpaired) electrons. The van der Waals surface area contributed by atoms with Crippen molar-refractivity contribution in [1.82, 2.24) is 19.7 Å². The Hall–Kier alpha value is -1.71. The first-order valence-electron chi connectivity index (χ1n) is 7.19. The highest BCUT2D eigenvalue weighted by atomic mass is 15.3. The van der Waals surface area contributed by atoms with Gasteiger partial charge in [0, 0.05) is 18.3 Å². The van der Waals surface area contributed by atoms with Crippen LogP contribution in [0.15, 0.2) is 30.9 Å². The molecule has 2 heterocycles. The summed E-state index contributed by atoms with van der Waals surface area (Å²) in [6, 6.07) is 3.99. The van der Waals surface area contributed by atoms with Crippen LogP contribution < -0.4 is 0 Å². The van der Waals surface area contributed by atoms with Crippen molar-refractivity contribution in [1.29, 1.82) is 0 Å². The highest BCUT2D eigenvalue weighted by Gasteiger charge is 2.56. The Kier molecular flexibility index (Phi) is 2.43. The Morgan fingerprint density at radius 1 is 1.11 bits per heavy atom. The second kappa shape index (κ2) is 4.15. The summed E-state index contributed by atoms with van der Waals surface area (Å²) in [5.41, 5.74) is 1.62. The molecule has 0 N–H and O–H groups in total. The van der Waals surface area contributed by atoms with Crippen LogP contribution in [-0.4, -0.2) is 19.7 Å².